The van der Waals surface area contributed by atoms with E-state index in [1.807, 2.05) is 41.3 Å². The molecule has 7 nitrogen and oxygen atoms in total. The average Bonchev–Trinajstić information content (AvgIpc) is 3.27. The molecular formula is C22H23N3O4. The van der Waals surface area contributed by atoms with Crippen LogP contribution >= 0.6 is 0 Å². The van der Waals surface area contributed by atoms with Crippen molar-refractivity contribution in [3.05, 3.63) is 72.4 Å². The van der Waals surface area contributed by atoms with Gasteiger partial charge in [-0.25, -0.2) is 4.98 Å². The van der Waals surface area contributed by atoms with Gasteiger partial charge in [0.2, 0.25) is 5.89 Å². The standard InChI is InChI=1S/C22H23N3O4/c1-27-18-8-5-9-19(14-18)28-16-21-23-20(15-29-21)22(26)25-12-10-24(11-13-25)17-6-3-2-4-7-17/h2-9,14-15H,10-13,16H2,1H3. The van der Waals surface area contributed by atoms with Crippen LogP contribution in [0.15, 0.2) is 65.3 Å². The summed E-state index contributed by atoms with van der Waals surface area (Å²) in [5.41, 5.74) is 1.49. The van der Waals surface area contributed by atoms with Crippen LogP contribution in [0.3, 0.4) is 0 Å². The lowest BCUT2D eigenvalue weighted by atomic mass is 10.2. The molecule has 0 atom stereocenters. The number of amides is 1. The van der Waals surface area contributed by atoms with Crippen molar-refractivity contribution >= 4 is 11.6 Å². The molecule has 29 heavy (non-hydrogen) atoms. The fourth-order valence-electron chi connectivity index (χ4n) is 3.28. The molecular weight excluding hydrogens is 370 g/mol. The maximum atomic E-state index is 12.7. The minimum atomic E-state index is -0.117. The summed E-state index contributed by atoms with van der Waals surface area (Å²) >= 11 is 0. The number of carbonyl (C=O) groups excluding carboxylic acids is 1. The average molecular weight is 393 g/mol. The van der Waals surface area contributed by atoms with Gasteiger partial charge in [0.1, 0.15) is 17.8 Å². The first-order valence-corrected chi connectivity index (χ1v) is 9.53. The normalized spacial score (nSPS) is 14.0. The summed E-state index contributed by atoms with van der Waals surface area (Å²) in [4.78, 5) is 21.1. The number of piperazine rings is 1. The first kappa shape index (κ1) is 18.9. The predicted molar refractivity (Wildman–Crippen MR) is 108 cm³/mol. The van der Waals surface area contributed by atoms with Crippen molar-refractivity contribution in [2.24, 2.45) is 0 Å². The molecule has 0 spiro atoms. The molecule has 4 rings (SSSR count). The number of methoxy groups -OCH3 is 1. The van der Waals surface area contributed by atoms with E-state index < -0.39 is 0 Å². The first-order chi connectivity index (χ1) is 14.2. The Morgan fingerprint density at radius 2 is 1.79 bits per heavy atom. The quantitative estimate of drug-likeness (QED) is 0.641. The van der Waals surface area contributed by atoms with Crippen LogP contribution in [0.4, 0.5) is 5.69 Å². The van der Waals surface area contributed by atoms with Gasteiger partial charge < -0.3 is 23.7 Å². The highest BCUT2D eigenvalue weighted by molar-refractivity contribution is 5.92. The van der Waals surface area contributed by atoms with Gasteiger partial charge in [0.15, 0.2) is 12.3 Å². The molecule has 2 aromatic carbocycles. The van der Waals surface area contributed by atoms with Gasteiger partial charge in [-0.2, -0.15) is 0 Å². The number of hydrogen-bond donors (Lipinski definition) is 0. The molecule has 1 saturated heterocycles. The van der Waals surface area contributed by atoms with E-state index in [4.69, 9.17) is 13.9 Å². The Bertz CT molecular complexity index is 949. The van der Waals surface area contributed by atoms with E-state index in [0.717, 1.165) is 13.1 Å². The summed E-state index contributed by atoms with van der Waals surface area (Å²) in [5.74, 6) is 1.60. The van der Waals surface area contributed by atoms with Gasteiger partial charge in [-0.3, -0.25) is 4.79 Å². The van der Waals surface area contributed by atoms with E-state index in [2.05, 4.69) is 22.0 Å². The summed E-state index contributed by atoms with van der Waals surface area (Å²) in [6.07, 6.45) is 1.40. The SMILES string of the molecule is COc1cccc(OCc2nc(C(=O)N3CCN(c4ccccc4)CC3)co2)c1. The van der Waals surface area contributed by atoms with Gasteiger partial charge in [0.05, 0.1) is 7.11 Å². The number of para-hydroxylation sites is 1. The Kier molecular flexibility index (Phi) is 5.65. The molecule has 2 heterocycles. The van der Waals surface area contributed by atoms with E-state index in [1.165, 1.54) is 12.0 Å². The van der Waals surface area contributed by atoms with Crippen LogP contribution in [0.1, 0.15) is 16.4 Å². The minimum absolute atomic E-state index is 0.117. The van der Waals surface area contributed by atoms with Crippen LogP contribution in [-0.2, 0) is 6.61 Å². The molecule has 7 heteroatoms. The molecule has 3 aromatic rings. The second-order valence-electron chi connectivity index (χ2n) is 6.71. The van der Waals surface area contributed by atoms with Crippen LogP contribution in [0.2, 0.25) is 0 Å². The summed E-state index contributed by atoms with van der Waals surface area (Å²) < 4.78 is 16.3. The van der Waals surface area contributed by atoms with E-state index >= 15 is 0 Å². The fraction of sp³-hybridized carbons (Fsp3) is 0.273. The molecule has 0 unspecified atom stereocenters. The third-order valence-electron chi connectivity index (χ3n) is 4.86. The van der Waals surface area contributed by atoms with Crippen LogP contribution in [0.5, 0.6) is 11.5 Å². The van der Waals surface area contributed by atoms with Crippen molar-refractivity contribution in [3.8, 4) is 11.5 Å². The van der Waals surface area contributed by atoms with Gasteiger partial charge in [0, 0.05) is 37.9 Å². The van der Waals surface area contributed by atoms with Crippen LogP contribution in [-0.4, -0.2) is 49.1 Å². The molecule has 1 aliphatic rings. The summed E-state index contributed by atoms with van der Waals surface area (Å²) in [5, 5.41) is 0. The number of rotatable bonds is 6. The molecule has 0 bridgehead atoms. The van der Waals surface area contributed by atoms with E-state index in [-0.39, 0.29) is 12.5 Å². The fourth-order valence-corrected chi connectivity index (χ4v) is 3.28. The third kappa shape index (κ3) is 4.51. The predicted octanol–water partition coefficient (Wildman–Crippen LogP) is 3.22. The number of hydrogen-bond acceptors (Lipinski definition) is 6. The monoisotopic (exact) mass is 393 g/mol. The maximum absolute atomic E-state index is 12.7. The Morgan fingerprint density at radius 3 is 2.55 bits per heavy atom. The van der Waals surface area contributed by atoms with Crippen LogP contribution in [0, 0.1) is 0 Å². The second kappa shape index (κ2) is 8.68. The first-order valence-electron chi connectivity index (χ1n) is 9.53. The van der Waals surface area contributed by atoms with Gasteiger partial charge >= 0.3 is 0 Å². The van der Waals surface area contributed by atoms with Crippen LogP contribution in [0.25, 0.3) is 0 Å². The highest BCUT2D eigenvalue weighted by atomic mass is 16.5. The summed E-state index contributed by atoms with van der Waals surface area (Å²) in [6, 6.07) is 17.5. The van der Waals surface area contributed by atoms with Crippen molar-refractivity contribution in [1.82, 2.24) is 9.88 Å². The Hall–Kier alpha value is -3.48. The zero-order valence-electron chi connectivity index (χ0n) is 16.3. The van der Waals surface area contributed by atoms with Gasteiger partial charge in [-0.05, 0) is 24.3 Å². The van der Waals surface area contributed by atoms with Crippen molar-refractivity contribution in [2.75, 3.05) is 38.2 Å². The number of carbonyl (C=O) groups is 1. The molecule has 1 aromatic heterocycles. The zero-order chi connectivity index (χ0) is 20.1. The zero-order valence-corrected chi connectivity index (χ0v) is 16.3. The molecule has 1 fully saturated rings. The van der Waals surface area contributed by atoms with E-state index in [1.54, 1.807) is 13.2 Å². The smallest absolute Gasteiger partial charge is 0.275 e. The molecule has 0 aliphatic carbocycles. The largest absolute Gasteiger partial charge is 0.497 e. The molecule has 1 aliphatic heterocycles. The minimum Gasteiger partial charge on any atom is -0.497 e. The summed E-state index contributed by atoms with van der Waals surface area (Å²) in [7, 11) is 1.60. The second-order valence-corrected chi connectivity index (χ2v) is 6.71. The number of ether oxygens (including phenoxy) is 2. The molecule has 1 amide bonds. The molecule has 150 valence electrons. The van der Waals surface area contributed by atoms with Crippen molar-refractivity contribution < 1.29 is 18.7 Å². The van der Waals surface area contributed by atoms with Crippen LogP contribution < -0.4 is 14.4 Å². The lowest BCUT2D eigenvalue weighted by Crippen LogP contribution is -2.48. The topological polar surface area (TPSA) is 68.0 Å². The lowest BCUT2D eigenvalue weighted by molar-refractivity contribution is 0.0740. The number of aromatic nitrogens is 1. The number of benzene rings is 2. The number of nitrogens with zero attached hydrogens (tertiary/aromatic N) is 3. The van der Waals surface area contributed by atoms with Crippen molar-refractivity contribution in [2.45, 2.75) is 6.61 Å². The highest BCUT2D eigenvalue weighted by Gasteiger charge is 2.24. The number of anilines is 1. The third-order valence-corrected chi connectivity index (χ3v) is 4.86. The molecule has 0 saturated carbocycles. The van der Waals surface area contributed by atoms with Crippen molar-refractivity contribution in [1.29, 1.82) is 0 Å². The van der Waals surface area contributed by atoms with Crippen molar-refractivity contribution in [3.63, 3.8) is 0 Å². The van der Waals surface area contributed by atoms with Gasteiger partial charge in [-0.15, -0.1) is 0 Å². The van der Waals surface area contributed by atoms with E-state index in [0.29, 0.717) is 36.2 Å². The molecule has 0 N–H and O–H groups in total. The van der Waals surface area contributed by atoms with Gasteiger partial charge in [-0.1, -0.05) is 24.3 Å². The van der Waals surface area contributed by atoms with E-state index in [9.17, 15) is 4.79 Å². The lowest BCUT2D eigenvalue weighted by Gasteiger charge is -2.35. The number of oxazole rings is 1. The Balaban J connectivity index is 1.31. The van der Waals surface area contributed by atoms with Gasteiger partial charge in [0.25, 0.3) is 5.91 Å². The summed E-state index contributed by atoms with van der Waals surface area (Å²) in [6.45, 7) is 3.02. The highest BCUT2D eigenvalue weighted by Crippen LogP contribution is 2.20. The molecule has 0 radical (unpaired) electrons. The maximum Gasteiger partial charge on any atom is 0.275 e. The Morgan fingerprint density at radius 1 is 1.03 bits per heavy atom. The Labute approximate surface area is 169 Å².